The lowest BCUT2D eigenvalue weighted by molar-refractivity contribution is -0.139. The minimum atomic E-state index is -4.67. The van der Waals surface area contributed by atoms with Crippen LogP contribution in [-0.2, 0) is 6.18 Å². The largest absolute Gasteiger partial charge is 0.494 e. The summed E-state index contributed by atoms with van der Waals surface area (Å²) in [6.07, 6.45) is -4.67. The van der Waals surface area contributed by atoms with Crippen LogP contribution in [0.4, 0.5) is 13.2 Å². The Morgan fingerprint density at radius 3 is 2.44 bits per heavy atom. The van der Waals surface area contributed by atoms with Crippen molar-refractivity contribution in [1.29, 1.82) is 0 Å². The Morgan fingerprint density at radius 1 is 1.00 bits per heavy atom. The molecule has 2 aromatic heterocycles. The molecule has 0 N–H and O–H groups in total. The minimum Gasteiger partial charge on any atom is -0.494 e. The molecule has 5 nitrogen and oxygen atoms in total. The second-order valence-corrected chi connectivity index (χ2v) is 5.35. The van der Waals surface area contributed by atoms with E-state index in [1.807, 2.05) is 0 Å². The third-order valence-corrected chi connectivity index (χ3v) is 3.86. The number of rotatable bonds is 2. The van der Waals surface area contributed by atoms with E-state index in [1.54, 1.807) is 48.5 Å². The van der Waals surface area contributed by atoms with Crippen molar-refractivity contribution in [1.82, 2.24) is 19.8 Å². The quantitative estimate of drug-likeness (QED) is 0.552. The Labute approximate surface area is 139 Å². The number of hydrogen-bond acceptors (Lipinski definition) is 4. The molecule has 0 aliphatic rings. The van der Waals surface area contributed by atoms with Gasteiger partial charge in [-0.1, -0.05) is 41.6 Å². The molecular weight excluding hydrogens is 333 g/mol. The molecule has 4 aromatic rings. The summed E-state index contributed by atoms with van der Waals surface area (Å²) >= 11 is 0. The molecule has 0 aliphatic heterocycles. The molecule has 0 unspecified atom stereocenters. The molecule has 126 valence electrons. The van der Waals surface area contributed by atoms with E-state index < -0.39 is 11.9 Å². The molecule has 0 bridgehead atoms. The molecule has 0 saturated carbocycles. The van der Waals surface area contributed by atoms with Crippen LogP contribution in [0.25, 0.3) is 27.8 Å². The van der Waals surface area contributed by atoms with Gasteiger partial charge in [-0.2, -0.15) is 13.2 Å². The number of nitrogens with zero attached hydrogens (tertiary/aromatic N) is 4. The van der Waals surface area contributed by atoms with Crippen LogP contribution in [0.2, 0.25) is 0 Å². The average Bonchev–Trinajstić information content (AvgIpc) is 3.05. The number of hydrogen-bond donors (Lipinski definition) is 0. The molecule has 25 heavy (non-hydrogen) atoms. The van der Waals surface area contributed by atoms with Crippen LogP contribution < -0.4 is 4.74 Å². The van der Waals surface area contributed by atoms with Gasteiger partial charge in [0.1, 0.15) is 22.5 Å². The predicted octanol–water partition coefficient (Wildman–Crippen LogP) is 3.97. The van der Waals surface area contributed by atoms with Gasteiger partial charge in [0.2, 0.25) is 0 Å². The Balaban J connectivity index is 2.18. The molecule has 0 atom stereocenters. The molecule has 0 aliphatic carbocycles. The molecule has 0 fully saturated rings. The second-order valence-electron chi connectivity index (χ2n) is 5.35. The number of para-hydroxylation sites is 1. The summed E-state index contributed by atoms with van der Waals surface area (Å²) in [6.45, 7) is 0. The number of aromatic nitrogens is 4. The zero-order valence-electron chi connectivity index (χ0n) is 12.9. The van der Waals surface area contributed by atoms with Crippen molar-refractivity contribution in [3.63, 3.8) is 0 Å². The van der Waals surface area contributed by atoms with E-state index >= 15 is 0 Å². The van der Waals surface area contributed by atoms with E-state index in [1.165, 1.54) is 7.11 Å². The molecule has 0 spiro atoms. The molecule has 0 amide bonds. The summed E-state index contributed by atoms with van der Waals surface area (Å²) in [5.74, 6) is 0.238. The highest BCUT2D eigenvalue weighted by Gasteiger charge is 2.38. The van der Waals surface area contributed by atoms with Crippen LogP contribution >= 0.6 is 0 Å². The van der Waals surface area contributed by atoms with Crippen LogP contribution in [0.15, 0.2) is 48.5 Å². The van der Waals surface area contributed by atoms with E-state index in [4.69, 9.17) is 4.74 Å². The first kappa shape index (κ1) is 15.4. The first-order valence-electron chi connectivity index (χ1n) is 7.35. The van der Waals surface area contributed by atoms with E-state index in [-0.39, 0.29) is 22.5 Å². The van der Waals surface area contributed by atoms with Crippen molar-refractivity contribution >= 4 is 16.6 Å². The fourth-order valence-electron chi connectivity index (χ4n) is 2.77. The van der Waals surface area contributed by atoms with Gasteiger partial charge >= 0.3 is 6.18 Å². The van der Waals surface area contributed by atoms with E-state index in [0.717, 1.165) is 4.52 Å². The summed E-state index contributed by atoms with van der Waals surface area (Å²) in [6, 6.07) is 13.4. The van der Waals surface area contributed by atoms with Gasteiger partial charge in [-0.3, -0.25) is 0 Å². The third-order valence-electron chi connectivity index (χ3n) is 3.86. The highest BCUT2D eigenvalue weighted by atomic mass is 19.4. The molecule has 0 saturated heterocycles. The number of methoxy groups -OCH3 is 1. The fourth-order valence-corrected chi connectivity index (χ4v) is 2.77. The van der Waals surface area contributed by atoms with Crippen LogP contribution in [0.1, 0.15) is 5.69 Å². The minimum absolute atomic E-state index is 0.0781. The van der Waals surface area contributed by atoms with Crippen LogP contribution in [-0.4, -0.2) is 26.9 Å². The first-order chi connectivity index (χ1) is 12.0. The smallest absolute Gasteiger partial charge is 0.435 e. The fraction of sp³-hybridized carbons (Fsp3) is 0.118. The van der Waals surface area contributed by atoms with Gasteiger partial charge in [0, 0.05) is 5.56 Å². The number of fused-ring (bicyclic) bond motifs is 3. The van der Waals surface area contributed by atoms with E-state index in [2.05, 4.69) is 15.3 Å². The maximum absolute atomic E-state index is 13.7. The standard InChI is InChI=1S/C17H11F3N4O/c1-25-12-9-5-8-11-14(12)21-16(17(18,19)20)15-13(22-23-24(11)15)10-6-3-2-4-7-10/h2-9H,1H3. The Hall–Kier alpha value is -3.16. The summed E-state index contributed by atoms with van der Waals surface area (Å²) < 4.78 is 47.4. The molecular formula is C17H11F3N4O. The van der Waals surface area contributed by atoms with Gasteiger partial charge in [-0.15, -0.1) is 5.10 Å². The van der Waals surface area contributed by atoms with Gasteiger partial charge in [0.25, 0.3) is 0 Å². The lowest BCUT2D eigenvalue weighted by Crippen LogP contribution is -2.12. The van der Waals surface area contributed by atoms with E-state index in [0.29, 0.717) is 11.1 Å². The number of benzene rings is 2. The zero-order valence-corrected chi connectivity index (χ0v) is 12.9. The monoisotopic (exact) mass is 344 g/mol. The first-order valence-corrected chi connectivity index (χ1v) is 7.35. The highest BCUT2D eigenvalue weighted by Crippen LogP contribution is 2.37. The van der Waals surface area contributed by atoms with Crippen molar-refractivity contribution in [3.8, 4) is 17.0 Å². The third kappa shape index (κ3) is 2.37. The Bertz CT molecular complexity index is 1070. The number of alkyl halides is 3. The number of halogens is 3. The summed E-state index contributed by atoms with van der Waals surface area (Å²) in [4.78, 5) is 3.85. The van der Waals surface area contributed by atoms with Gasteiger partial charge in [-0.05, 0) is 12.1 Å². The lowest BCUT2D eigenvalue weighted by atomic mass is 10.1. The van der Waals surface area contributed by atoms with E-state index in [9.17, 15) is 13.2 Å². The molecule has 4 rings (SSSR count). The number of ether oxygens (including phenoxy) is 1. The van der Waals surface area contributed by atoms with Crippen molar-refractivity contribution < 1.29 is 17.9 Å². The van der Waals surface area contributed by atoms with Gasteiger partial charge < -0.3 is 4.74 Å². The van der Waals surface area contributed by atoms with Gasteiger partial charge in [0.15, 0.2) is 5.69 Å². The summed E-state index contributed by atoms with van der Waals surface area (Å²) in [5.41, 5.74) is -0.101. The maximum atomic E-state index is 13.7. The van der Waals surface area contributed by atoms with Crippen molar-refractivity contribution in [2.45, 2.75) is 6.18 Å². The highest BCUT2D eigenvalue weighted by molar-refractivity contribution is 5.89. The topological polar surface area (TPSA) is 52.3 Å². The molecule has 0 radical (unpaired) electrons. The predicted molar refractivity (Wildman–Crippen MR) is 85.3 cm³/mol. The Morgan fingerprint density at radius 2 is 1.76 bits per heavy atom. The molecule has 8 heteroatoms. The lowest BCUT2D eigenvalue weighted by Gasteiger charge is -2.12. The summed E-state index contributed by atoms with van der Waals surface area (Å²) in [7, 11) is 1.38. The molecule has 2 aromatic carbocycles. The maximum Gasteiger partial charge on any atom is 0.435 e. The second kappa shape index (κ2) is 5.44. The SMILES string of the molecule is COc1cccc2c1nc(C(F)(F)F)c1c(-c3ccccc3)nnn12. The molecule has 2 heterocycles. The normalized spacial score (nSPS) is 12.0. The van der Waals surface area contributed by atoms with Crippen molar-refractivity contribution in [2.75, 3.05) is 7.11 Å². The van der Waals surface area contributed by atoms with Crippen molar-refractivity contribution in [2.24, 2.45) is 0 Å². The van der Waals surface area contributed by atoms with Gasteiger partial charge in [-0.25, -0.2) is 9.50 Å². The van der Waals surface area contributed by atoms with Crippen LogP contribution in [0.5, 0.6) is 5.75 Å². The van der Waals surface area contributed by atoms with Gasteiger partial charge in [0.05, 0.1) is 12.6 Å². The van der Waals surface area contributed by atoms with Crippen molar-refractivity contribution in [3.05, 3.63) is 54.2 Å². The summed E-state index contributed by atoms with van der Waals surface area (Å²) in [5, 5.41) is 7.92. The van der Waals surface area contributed by atoms with Crippen LogP contribution in [0.3, 0.4) is 0 Å². The zero-order chi connectivity index (χ0) is 17.6. The Kier molecular flexibility index (Phi) is 3.34. The van der Waals surface area contributed by atoms with Crippen LogP contribution in [0, 0.1) is 0 Å². The average molecular weight is 344 g/mol.